The van der Waals surface area contributed by atoms with Crippen molar-refractivity contribution in [3.05, 3.63) is 58.9 Å². The number of carbonyl (C=O) groups excluding carboxylic acids is 1. The fourth-order valence-corrected chi connectivity index (χ4v) is 2.28. The quantitative estimate of drug-likeness (QED) is 0.788. The highest BCUT2D eigenvalue weighted by molar-refractivity contribution is 5.89. The largest absolute Gasteiger partial charge is 0.491 e. The zero-order valence-electron chi connectivity index (χ0n) is 14.1. The Kier molecular flexibility index (Phi) is 5.90. The van der Waals surface area contributed by atoms with E-state index < -0.39 is 35.2 Å². The number of amides is 2. The third-order valence-electron chi connectivity index (χ3n) is 3.55. The Morgan fingerprint density at radius 1 is 1.08 bits per heavy atom. The molecule has 0 fully saturated rings. The number of hydrogen-bond donors (Lipinski definition) is 2. The number of rotatable bonds is 5. The smallest absolute Gasteiger partial charge is 0.319 e. The SMILES string of the molecule is Cc1cccc(C)c1OCC(C)NC(=O)Nc1ccc(F)c(F)c1F. The third kappa shape index (κ3) is 4.65. The van der Waals surface area contributed by atoms with Crippen molar-refractivity contribution in [2.45, 2.75) is 26.8 Å². The van der Waals surface area contributed by atoms with Gasteiger partial charge < -0.3 is 15.4 Å². The van der Waals surface area contributed by atoms with Gasteiger partial charge in [-0.2, -0.15) is 0 Å². The van der Waals surface area contributed by atoms with E-state index in [1.807, 2.05) is 32.0 Å². The molecule has 0 radical (unpaired) electrons. The fourth-order valence-electron chi connectivity index (χ4n) is 2.28. The molecular formula is C18H19F3N2O2. The van der Waals surface area contributed by atoms with Crippen LogP contribution in [0, 0.1) is 31.3 Å². The highest BCUT2D eigenvalue weighted by Gasteiger charge is 2.16. The van der Waals surface area contributed by atoms with E-state index in [2.05, 4.69) is 10.6 Å². The normalized spacial score (nSPS) is 11.8. The lowest BCUT2D eigenvalue weighted by Crippen LogP contribution is -2.39. The first-order chi connectivity index (χ1) is 11.8. The standard InChI is InChI=1S/C18H19F3N2O2/c1-10-5-4-6-11(2)17(10)25-9-12(3)22-18(24)23-14-8-7-13(19)15(20)16(14)21/h4-8,12H,9H2,1-3H3,(H2,22,23,24). The Balaban J connectivity index is 1.91. The fraction of sp³-hybridized carbons (Fsp3) is 0.278. The minimum absolute atomic E-state index is 0.194. The molecule has 0 aliphatic heterocycles. The molecule has 4 nitrogen and oxygen atoms in total. The maximum atomic E-state index is 13.5. The maximum absolute atomic E-state index is 13.5. The Bertz CT molecular complexity index is 761. The van der Waals surface area contributed by atoms with Crippen LogP contribution in [-0.4, -0.2) is 18.7 Å². The zero-order chi connectivity index (χ0) is 18.6. The van der Waals surface area contributed by atoms with Gasteiger partial charge in [-0.15, -0.1) is 0 Å². The van der Waals surface area contributed by atoms with Crippen molar-refractivity contribution >= 4 is 11.7 Å². The molecule has 0 aliphatic carbocycles. The summed E-state index contributed by atoms with van der Waals surface area (Å²) in [5.41, 5.74) is 1.50. The van der Waals surface area contributed by atoms with Crippen molar-refractivity contribution in [3.8, 4) is 5.75 Å². The predicted molar refractivity (Wildman–Crippen MR) is 89.3 cm³/mol. The van der Waals surface area contributed by atoms with Crippen molar-refractivity contribution in [3.63, 3.8) is 0 Å². The Morgan fingerprint density at radius 3 is 2.36 bits per heavy atom. The summed E-state index contributed by atoms with van der Waals surface area (Å²) in [5.74, 6) is -3.67. The molecule has 1 unspecified atom stereocenters. The van der Waals surface area contributed by atoms with Gasteiger partial charge in [-0.25, -0.2) is 18.0 Å². The highest BCUT2D eigenvalue weighted by atomic mass is 19.2. The number of ether oxygens (including phenoxy) is 1. The summed E-state index contributed by atoms with van der Waals surface area (Å²) in [6.45, 7) is 5.73. The van der Waals surface area contributed by atoms with E-state index in [1.165, 1.54) is 0 Å². The number of hydrogen-bond acceptors (Lipinski definition) is 2. The van der Waals surface area contributed by atoms with Crippen molar-refractivity contribution in [2.75, 3.05) is 11.9 Å². The monoisotopic (exact) mass is 352 g/mol. The van der Waals surface area contributed by atoms with E-state index in [-0.39, 0.29) is 6.61 Å². The number of carbonyl (C=O) groups is 1. The molecule has 1 atom stereocenters. The average molecular weight is 352 g/mol. The first kappa shape index (κ1) is 18.6. The van der Waals surface area contributed by atoms with Crippen LogP contribution in [0.5, 0.6) is 5.75 Å². The van der Waals surface area contributed by atoms with Gasteiger partial charge in [0.1, 0.15) is 12.4 Å². The molecule has 0 saturated carbocycles. The molecule has 0 aromatic heterocycles. The second kappa shape index (κ2) is 7.92. The molecule has 2 aromatic rings. The van der Waals surface area contributed by atoms with Crippen LogP contribution in [0.1, 0.15) is 18.1 Å². The molecule has 134 valence electrons. The maximum Gasteiger partial charge on any atom is 0.319 e. The van der Waals surface area contributed by atoms with E-state index in [4.69, 9.17) is 4.74 Å². The summed E-state index contributed by atoms with van der Waals surface area (Å²) in [5, 5.41) is 4.68. The molecule has 0 heterocycles. The number of halogens is 3. The van der Waals surface area contributed by atoms with Crippen LogP contribution in [0.4, 0.5) is 23.7 Å². The summed E-state index contributed by atoms with van der Waals surface area (Å²) >= 11 is 0. The molecule has 0 spiro atoms. The van der Waals surface area contributed by atoms with E-state index in [0.717, 1.165) is 29.0 Å². The van der Waals surface area contributed by atoms with Crippen LogP contribution in [0.15, 0.2) is 30.3 Å². The first-order valence-electron chi connectivity index (χ1n) is 7.69. The van der Waals surface area contributed by atoms with Crippen LogP contribution < -0.4 is 15.4 Å². The molecular weight excluding hydrogens is 333 g/mol. The van der Waals surface area contributed by atoms with Gasteiger partial charge in [0, 0.05) is 0 Å². The van der Waals surface area contributed by atoms with Crippen molar-refractivity contribution in [1.82, 2.24) is 5.32 Å². The Morgan fingerprint density at radius 2 is 1.72 bits per heavy atom. The van der Waals surface area contributed by atoms with Gasteiger partial charge in [0.15, 0.2) is 17.5 Å². The highest BCUT2D eigenvalue weighted by Crippen LogP contribution is 2.22. The van der Waals surface area contributed by atoms with Crippen molar-refractivity contribution in [1.29, 1.82) is 0 Å². The second-order valence-corrected chi connectivity index (χ2v) is 5.75. The van der Waals surface area contributed by atoms with Gasteiger partial charge in [-0.1, -0.05) is 18.2 Å². The molecule has 2 N–H and O–H groups in total. The van der Waals surface area contributed by atoms with Gasteiger partial charge in [-0.05, 0) is 44.0 Å². The summed E-state index contributed by atoms with van der Waals surface area (Å²) in [7, 11) is 0. The average Bonchev–Trinajstić information content (AvgIpc) is 2.55. The van der Waals surface area contributed by atoms with E-state index in [9.17, 15) is 18.0 Å². The van der Waals surface area contributed by atoms with Gasteiger partial charge >= 0.3 is 6.03 Å². The van der Waals surface area contributed by atoms with Crippen molar-refractivity contribution < 1.29 is 22.7 Å². The number of benzene rings is 2. The lowest BCUT2D eigenvalue weighted by atomic mass is 10.1. The summed E-state index contributed by atoms with van der Waals surface area (Å²) < 4.78 is 45.3. The minimum atomic E-state index is -1.63. The van der Waals surface area contributed by atoms with Gasteiger partial charge in [0.05, 0.1) is 11.7 Å². The second-order valence-electron chi connectivity index (χ2n) is 5.75. The Hall–Kier alpha value is -2.70. The van der Waals surface area contributed by atoms with Crippen LogP contribution in [0.3, 0.4) is 0 Å². The molecule has 2 aromatic carbocycles. The van der Waals surface area contributed by atoms with Gasteiger partial charge in [0.2, 0.25) is 0 Å². The summed E-state index contributed by atoms with van der Waals surface area (Å²) in [6, 6.07) is 6.29. The molecule has 0 bridgehead atoms. The summed E-state index contributed by atoms with van der Waals surface area (Å²) in [6.07, 6.45) is 0. The van der Waals surface area contributed by atoms with E-state index in [1.54, 1.807) is 6.92 Å². The lowest BCUT2D eigenvalue weighted by Gasteiger charge is -2.18. The van der Waals surface area contributed by atoms with E-state index >= 15 is 0 Å². The molecule has 2 amide bonds. The molecule has 7 heteroatoms. The molecule has 0 aliphatic rings. The van der Waals surface area contributed by atoms with Crippen LogP contribution >= 0.6 is 0 Å². The van der Waals surface area contributed by atoms with Gasteiger partial charge in [0.25, 0.3) is 0 Å². The zero-order valence-corrected chi connectivity index (χ0v) is 14.1. The molecule has 2 rings (SSSR count). The number of aryl methyl sites for hydroxylation is 2. The van der Waals surface area contributed by atoms with Crippen LogP contribution in [0.25, 0.3) is 0 Å². The van der Waals surface area contributed by atoms with Crippen LogP contribution in [-0.2, 0) is 0 Å². The first-order valence-corrected chi connectivity index (χ1v) is 7.69. The number of para-hydroxylation sites is 1. The Labute approximate surface area is 144 Å². The summed E-state index contributed by atoms with van der Waals surface area (Å²) in [4.78, 5) is 11.9. The van der Waals surface area contributed by atoms with Crippen molar-refractivity contribution in [2.24, 2.45) is 0 Å². The van der Waals surface area contributed by atoms with E-state index in [0.29, 0.717) is 0 Å². The minimum Gasteiger partial charge on any atom is -0.491 e. The molecule has 25 heavy (non-hydrogen) atoms. The lowest BCUT2D eigenvalue weighted by molar-refractivity contribution is 0.236. The third-order valence-corrected chi connectivity index (χ3v) is 3.55. The van der Waals surface area contributed by atoms with Gasteiger partial charge in [-0.3, -0.25) is 0 Å². The number of anilines is 1. The molecule has 0 saturated heterocycles. The number of urea groups is 1. The van der Waals surface area contributed by atoms with Crippen LogP contribution in [0.2, 0.25) is 0 Å². The number of nitrogens with one attached hydrogen (secondary N) is 2. The predicted octanol–water partition coefficient (Wildman–Crippen LogP) is 4.31. The topological polar surface area (TPSA) is 50.4 Å².